The molecule has 0 saturated heterocycles. The summed E-state index contributed by atoms with van der Waals surface area (Å²) in [7, 11) is 0. The molecule has 0 aliphatic heterocycles. The van der Waals surface area contributed by atoms with E-state index in [-0.39, 0.29) is 11.9 Å². The van der Waals surface area contributed by atoms with Crippen LogP contribution in [0.25, 0.3) is 0 Å². The van der Waals surface area contributed by atoms with Crippen LogP contribution in [0.2, 0.25) is 0 Å². The average molecular weight is 219 g/mol. The van der Waals surface area contributed by atoms with Crippen molar-refractivity contribution in [1.29, 1.82) is 5.26 Å². The first-order chi connectivity index (χ1) is 7.71. The Hall–Kier alpha value is -1.56. The molecule has 86 valence electrons. The maximum atomic E-state index is 12.0. The van der Waals surface area contributed by atoms with Crippen LogP contribution < -0.4 is 0 Å². The van der Waals surface area contributed by atoms with E-state index in [1.807, 2.05) is 31.2 Å². The van der Waals surface area contributed by atoms with Gasteiger partial charge in [0.2, 0.25) is 0 Å². The molecule has 0 fully saturated rings. The molecule has 0 radical (unpaired) electrons. The van der Waals surface area contributed by atoms with Gasteiger partial charge in [-0.3, -0.25) is 4.79 Å². The predicted octanol–water partition coefficient (Wildman–Crippen LogP) is 2.60. The number of esters is 1. The number of hydrogen-bond donors (Lipinski definition) is 0. The molecule has 0 heterocycles. The monoisotopic (exact) mass is 219 g/mol. The molecule has 0 amide bonds. The second-order valence-electron chi connectivity index (χ2n) is 3.83. The summed E-state index contributed by atoms with van der Waals surface area (Å²) in [6.07, 6.45) is 8.52. The van der Waals surface area contributed by atoms with Gasteiger partial charge in [0.05, 0.1) is 18.1 Å². The maximum Gasteiger partial charge on any atom is 0.316 e. The first kappa shape index (κ1) is 12.5. The van der Waals surface area contributed by atoms with Gasteiger partial charge in [0.15, 0.2) is 0 Å². The highest BCUT2D eigenvalue weighted by Crippen LogP contribution is 2.40. The zero-order chi connectivity index (χ0) is 12.0. The normalized spacial score (nSPS) is 27.4. The van der Waals surface area contributed by atoms with Crippen molar-refractivity contribution < 1.29 is 9.53 Å². The van der Waals surface area contributed by atoms with E-state index < -0.39 is 5.41 Å². The minimum Gasteiger partial charge on any atom is -0.465 e. The van der Waals surface area contributed by atoms with Gasteiger partial charge in [-0.15, -0.1) is 0 Å². The van der Waals surface area contributed by atoms with Crippen LogP contribution in [-0.4, -0.2) is 12.6 Å². The number of hydrogen-bond acceptors (Lipinski definition) is 3. The van der Waals surface area contributed by atoms with E-state index in [4.69, 9.17) is 10.00 Å². The first-order valence-corrected chi connectivity index (χ1v) is 5.61. The number of nitriles is 1. The van der Waals surface area contributed by atoms with Crippen LogP contribution in [0.1, 0.15) is 26.7 Å². The molecule has 2 unspecified atom stereocenters. The van der Waals surface area contributed by atoms with E-state index in [0.717, 1.165) is 0 Å². The number of carbonyl (C=O) groups excluding carboxylic acids is 1. The van der Waals surface area contributed by atoms with Crippen molar-refractivity contribution in [3.63, 3.8) is 0 Å². The molecule has 0 spiro atoms. The smallest absolute Gasteiger partial charge is 0.316 e. The van der Waals surface area contributed by atoms with Gasteiger partial charge >= 0.3 is 5.97 Å². The Balaban J connectivity index is 2.99. The molecule has 2 atom stereocenters. The Morgan fingerprint density at radius 3 is 2.81 bits per heavy atom. The highest BCUT2D eigenvalue weighted by Gasteiger charge is 2.42. The van der Waals surface area contributed by atoms with Crippen molar-refractivity contribution in [3.05, 3.63) is 24.3 Å². The summed E-state index contributed by atoms with van der Waals surface area (Å²) in [5, 5.41) is 8.80. The van der Waals surface area contributed by atoms with Crippen LogP contribution in [0.4, 0.5) is 0 Å². The van der Waals surface area contributed by atoms with Crippen LogP contribution in [0.3, 0.4) is 0 Å². The van der Waals surface area contributed by atoms with Crippen molar-refractivity contribution >= 4 is 5.97 Å². The molecule has 0 aromatic heterocycles. The number of allylic oxidation sites excluding steroid dienone is 3. The van der Waals surface area contributed by atoms with Gasteiger partial charge in [0, 0.05) is 12.3 Å². The zero-order valence-electron chi connectivity index (χ0n) is 9.77. The SMILES string of the molecule is CCOC(=O)C1(CC)C=CC=CC1CC#N. The van der Waals surface area contributed by atoms with Crippen molar-refractivity contribution in [3.8, 4) is 6.07 Å². The fourth-order valence-electron chi connectivity index (χ4n) is 2.08. The lowest BCUT2D eigenvalue weighted by Gasteiger charge is -2.34. The second kappa shape index (κ2) is 5.50. The van der Waals surface area contributed by atoms with Gasteiger partial charge in [-0.25, -0.2) is 0 Å². The minimum atomic E-state index is -0.652. The highest BCUT2D eigenvalue weighted by molar-refractivity contribution is 5.80. The van der Waals surface area contributed by atoms with Gasteiger partial charge in [-0.1, -0.05) is 31.2 Å². The predicted molar refractivity (Wildman–Crippen MR) is 61.4 cm³/mol. The maximum absolute atomic E-state index is 12.0. The molecule has 0 saturated carbocycles. The van der Waals surface area contributed by atoms with E-state index >= 15 is 0 Å². The highest BCUT2D eigenvalue weighted by atomic mass is 16.5. The van der Waals surface area contributed by atoms with Gasteiger partial charge in [-0.2, -0.15) is 5.26 Å². The standard InChI is InChI=1S/C13H17NO2/c1-3-13(12(15)16-4-2)9-6-5-7-11(13)8-10-14/h5-7,9,11H,3-4,8H2,1-2H3. The summed E-state index contributed by atoms with van der Waals surface area (Å²) in [4.78, 5) is 12.0. The minimum absolute atomic E-state index is 0.0773. The third-order valence-corrected chi connectivity index (χ3v) is 3.06. The lowest BCUT2D eigenvalue weighted by molar-refractivity contribution is -0.154. The van der Waals surface area contributed by atoms with E-state index in [1.54, 1.807) is 6.92 Å². The number of rotatable bonds is 4. The van der Waals surface area contributed by atoms with Crippen molar-refractivity contribution in [2.24, 2.45) is 11.3 Å². The van der Waals surface area contributed by atoms with Crippen LogP contribution in [0, 0.1) is 22.7 Å². The van der Waals surface area contributed by atoms with E-state index in [9.17, 15) is 4.79 Å². The molecular weight excluding hydrogens is 202 g/mol. The summed E-state index contributed by atoms with van der Waals surface area (Å²) in [6, 6.07) is 2.13. The van der Waals surface area contributed by atoms with Crippen LogP contribution in [0.15, 0.2) is 24.3 Å². The molecular formula is C13H17NO2. The molecule has 0 aromatic carbocycles. The topological polar surface area (TPSA) is 50.1 Å². The largest absolute Gasteiger partial charge is 0.465 e. The molecule has 0 aromatic rings. The van der Waals surface area contributed by atoms with Crippen LogP contribution in [0.5, 0.6) is 0 Å². The fraction of sp³-hybridized carbons (Fsp3) is 0.538. The Labute approximate surface area is 96.4 Å². The lowest BCUT2D eigenvalue weighted by Crippen LogP contribution is -2.38. The van der Waals surface area contributed by atoms with Crippen LogP contribution >= 0.6 is 0 Å². The summed E-state index contributed by atoms with van der Waals surface area (Å²) < 4.78 is 5.12. The second-order valence-corrected chi connectivity index (χ2v) is 3.83. The zero-order valence-corrected chi connectivity index (χ0v) is 9.77. The molecule has 1 rings (SSSR count). The molecule has 1 aliphatic carbocycles. The third-order valence-electron chi connectivity index (χ3n) is 3.06. The Kier molecular flexibility index (Phi) is 4.30. The van der Waals surface area contributed by atoms with Crippen molar-refractivity contribution in [2.45, 2.75) is 26.7 Å². The molecule has 0 N–H and O–H groups in total. The first-order valence-electron chi connectivity index (χ1n) is 5.61. The molecule has 16 heavy (non-hydrogen) atoms. The Morgan fingerprint density at radius 2 is 2.25 bits per heavy atom. The number of nitrogens with zero attached hydrogens (tertiary/aromatic N) is 1. The summed E-state index contributed by atoms with van der Waals surface area (Å²) in [5.74, 6) is -0.301. The summed E-state index contributed by atoms with van der Waals surface area (Å²) in [6.45, 7) is 4.12. The van der Waals surface area contributed by atoms with Gasteiger partial charge in [0.1, 0.15) is 0 Å². The number of ether oxygens (including phenoxy) is 1. The van der Waals surface area contributed by atoms with Crippen molar-refractivity contribution in [2.75, 3.05) is 6.61 Å². The summed E-state index contributed by atoms with van der Waals surface area (Å²) in [5.41, 5.74) is -0.652. The Bertz CT molecular complexity index is 351. The van der Waals surface area contributed by atoms with Crippen LogP contribution in [-0.2, 0) is 9.53 Å². The van der Waals surface area contributed by atoms with E-state index in [2.05, 4.69) is 6.07 Å². The quantitative estimate of drug-likeness (QED) is 0.683. The van der Waals surface area contributed by atoms with Crippen molar-refractivity contribution in [1.82, 2.24) is 0 Å². The fourth-order valence-corrected chi connectivity index (χ4v) is 2.08. The van der Waals surface area contributed by atoms with Gasteiger partial charge in [-0.05, 0) is 13.3 Å². The lowest BCUT2D eigenvalue weighted by atomic mass is 9.69. The van der Waals surface area contributed by atoms with E-state index in [1.165, 1.54) is 0 Å². The molecule has 1 aliphatic rings. The van der Waals surface area contributed by atoms with Gasteiger partial charge in [0.25, 0.3) is 0 Å². The molecule has 3 heteroatoms. The summed E-state index contributed by atoms with van der Waals surface area (Å²) >= 11 is 0. The Morgan fingerprint density at radius 1 is 1.50 bits per heavy atom. The average Bonchev–Trinajstić information content (AvgIpc) is 2.30. The molecule has 3 nitrogen and oxygen atoms in total. The van der Waals surface area contributed by atoms with Gasteiger partial charge < -0.3 is 4.74 Å². The third kappa shape index (κ3) is 2.16. The van der Waals surface area contributed by atoms with E-state index in [0.29, 0.717) is 19.4 Å². The number of carbonyl (C=O) groups is 1. The molecule has 0 bridgehead atoms.